The predicted molar refractivity (Wildman–Crippen MR) is 20.5 cm³/mol. The molecule has 4 heavy (non-hydrogen) atoms. The highest BCUT2D eigenvalue weighted by Crippen LogP contribution is 1.66. The number of rotatable bonds is 1. The summed E-state index contributed by atoms with van der Waals surface area (Å²) in [5.74, 6) is 0. The van der Waals surface area contributed by atoms with Gasteiger partial charge >= 0.3 is 0 Å². The first kappa shape index (κ1) is 2.01. The van der Waals surface area contributed by atoms with Crippen molar-refractivity contribution < 1.29 is 1.37 Å². The van der Waals surface area contributed by atoms with E-state index in [0.29, 0.717) is 6.05 Å². The molecular formula is C4H8. The van der Waals surface area contributed by atoms with Crippen molar-refractivity contribution in [2.75, 3.05) is 0 Å². The van der Waals surface area contributed by atoms with Crippen molar-refractivity contribution in [2.45, 2.75) is 13.3 Å². The Kier molecular flexibility index (Phi) is 1.38. The van der Waals surface area contributed by atoms with Gasteiger partial charge in [-0.15, -0.1) is 6.58 Å². The van der Waals surface area contributed by atoms with Crippen molar-refractivity contribution in [3.8, 4) is 0 Å². The molecule has 0 heterocycles. The summed E-state index contributed by atoms with van der Waals surface area (Å²) < 4.78 is 6.63. The van der Waals surface area contributed by atoms with Crippen LogP contribution in [0.3, 0.4) is 0 Å². The molecule has 0 aliphatic carbocycles. The van der Waals surface area contributed by atoms with Gasteiger partial charge in [-0.05, 0) is 6.42 Å². The van der Waals surface area contributed by atoms with Crippen LogP contribution in [0.1, 0.15) is 14.7 Å². The minimum Gasteiger partial charge on any atom is -0.103 e. The summed E-state index contributed by atoms with van der Waals surface area (Å²) in [5, 5.41) is 0. The Morgan fingerprint density at radius 1 is 2.50 bits per heavy atom. The Bertz CT molecular complexity index is 38.9. The molecule has 0 aromatic rings. The molecule has 0 radical (unpaired) electrons. The topological polar surface area (TPSA) is 0 Å². The zero-order valence-corrected chi connectivity index (χ0v) is 2.91. The van der Waals surface area contributed by atoms with E-state index in [2.05, 4.69) is 6.58 Å². The fraction of sp³-hybridized carbons (Fsp3) is 0.500. The van der Waals surface area contributed by atoms with Crippen LogP contribution in [0.5, 0.6) is 0 Å². The summed E-state index contributed by atoms with van der Waals surface area (Å²) in [6.07, 6.45) is 0.778. The second-order valence-electron chi connectivity index (χ2n) is 0.604. The lowest BCUT2D eigenvalue weighted by Crippen LogP contribution is -1.36. The van der Waals surface area contributed by atoms with Gasteiger partial charge in [0.05, 0.1) is 1.37 Å². The van der Waals surface area contributed by atoms with Crippen LogP contribution in [0.4, 0.5) is 0 Å². The Hall–Kier alpha value is -0.260. The maximum Gasteiger partial charge on any atom is 0.0569 e. The van der Waals surface area contributed by atoms with Crippen molar-refractivity contribution in [2.24, 2.45) is 0 Å². The van der Waals surface area contributed by atoms with Gasteiger partial charge < -0.3 is 0 Å². The van der Waals surface area contributed by atoms with Gasteiger partial charge in [0, 0.05) is 0 Å². The van der Waals surface area contributed by atoms with Gasteiger partial charge in [-0.3, -0.25) is 0 Å². The quantitative estimate of drug-likeness (QED) is 0.401. The SMILES string of the molecule is [2H]C(=C)CC. The van der Waals surface area contributed by atoms with E-state index < -0.39 is 0 Å². The molecule has 0 rings (SSSR count). The molecule has 0 saturated carbocycles. The van der Waals surface area contributed by atoms with Crippen molar-refractivity contribution >= 4 is 0 Å². The molecule has 0 spiro atoms. The molecule has 0 unspecified atom stereocenters. The van der Waals surface area contributed by atoms with E-state index in [1.54, 1.807) is 0 Å². The Morgan fingerprint density at radius 2 is 2.75 bits per heavy atom. The minimum absolute atomic E-state index is 0.505. The molecule has 0 amide bonds. The third-order valence-corrected chi connectivity index (χ3v) is 0.250. The zero-order valence-electron chi connectivity index (χ0n) is 3.91. The second kappa shape index (κ2) is 2.74. The van der Waals surface area contributed by atoms with Crippen LogP contribution in [0, 0.1) is 0 Å². The van der Waals surface area contributed by atoms with Gasteiger partial charge in [0.25, 0.3) is 0 Å². The fourth-order valence-electron chi connectivity index (χ4n) is 0. The molecule has 0 nitrogen and oxygen atoms in total. The van der Waals surface area contributed by atoms with Crippen LogP contribution in [-0.2, 0) is 0 Å². The Balaban J connectivity index is 2.85. The minimum atomic E-state index is 0.505. The molecule has 0 N–H and O–H groups in total. The first-order valence-electron chi connectivity index (χ1n) is 1.91. The molecule has 0 atom stereocenters. The van der Waals surface area contributed by atoms with Crippen molar-refractivity contribution in [1.29, 1.82) is 0 Å². The third-order valence-electron chi connectivity index (χ3n) is 0.250. The lowest BCUT2D eigenvalue weighted by Gasteiger charge is -1.57. The van der Waals surface area contributed by atoms with Gasteiger partial charge in [-0.25, -0.2) is 0 Å². The normalized spacial score (nSPS) is 9.75. The van der Waals surface area contributed by atoms with Crippen LogP contribution in [0.25, 0.3) is 0 Å². The molecule has 0 aromatic carbocycles. The molecule has 0 bridgehead atoms. The summed E-state index contributed by atoms with van der Waals surface area (Å²) in [7, 11) is 0. The smallest absolute Gasteiger partial charge is 0.0569 e. The first-order valence-corrected chi connectivity index (χ1v) is 1.41. The lowest BCUT2D eigenvalue weighted by molar-refractivity contribution is 1.23. The predicted octanol–water partition coefficient (Wildman–Crippen LogP) is 1.58. The highest BCUT2D eigenvalue weighted by atomic mass is 13.5. The van der Waals surface area contributed by atoms with E-state index in [-0.39, 0.29) is 0 Å². The third kappa shape index (κ3) is 1.74. The zero-order chi connectivity index (χ0) is 4.28. The number of hydrogen-bond acceptors (Lipinski definition) is 0. The standard InChI is InChI=1S/C4H8/c1-3-4-2/h3H,1,4H2,2H3/i3D. The monoisotopic (exact) mass is 57.1 g/mol. The highest BCUT2D eigenvalue weighted by molar-refractivity contribution is 4.60. The van der Waals surface area contributed by atoms with E-state index in [9.17, 15) is 0 Å². The van der Waals surface area contributed by atoms with Crippen molar-refractivity contribution in [3.63, 3.8) is 0 Å². The molecule has 0 aliphatic heterocycles. The largest absolute Gasteiger partial charge is 0.103 e. The van der Waals surface area contributed by atoms with Gasteiger partial charge in [0.2, 0.25) is 0 Å². The first-order chi connectivity index (χ1) is 2.27. The van der Waals surface area contributed by atoms with Crippen molar-refractivity contribution in [1.82, 2.24) is 0 Å². The Morgan fingerprint density at radius 3 is 2.75 bits per heavy atom. The fourth-order valence-corrected chi connectivity index (χ4v) is 0. The summed E-state index contributed by atoms with van der Waals surface area (Å²) in [5.41, 5.74) is 0. The summed E-state index contributed by atoms with van der Waals surface area (Å²) in [4.78, 5) is 0. The van der Waals surface area contributed by atoms with E-state index >= 15 is 0 Å². The van der Waals surface area contributed by atoms with Gasteiger partial charge in [-0.1, -0.05) is 13.0 Å². The summed E-state index contributed by atoms with van der Waals surface area (Å²) in [6.45, 7) is 5.25. The van der Waals surface area contributed by atoms with Gasteiger partial charge in [-0.2, -0.15) is 0 Å². The highest BCUT2D eigenvalue weighted by Gasteiger charge is 1.45. The second-order valence-corrected chi connectivity index (χ2v) is 0.604. The maximum absolute atomic E-state index is 6.63. The van der Waals surface area contributed by atoms with E-state index in [0.717, 1.165) is 6.42 Å². The van der Waals surface area contributed by atoms with E-state index in [4.69, 9.17) is 1.37 Å². The molecule has 0 aromatic heterocycles. The van der Waals surface area contributed by atoms with Crippen LogP contribution >= 0.6 is 0 Å². The molecule has 24 valence electrons. The van der Waals surface area contributed by atoms with Gasteiger partial charge in [0.1, 0.15) is 0 Å². The van der Waals surface area contributed by atoms with E-state index in [1.165, 1.54) is 0 Å². The average Bonchev–Trinajstić information content (AvgIpc) is 1.38. The summed E-state index contributed by atoms with van der Waals surface area (Å²) >= 11 is 0. The van der Waals surface area contributed by atoms with Crippen LogP contribution in [0.15, 0.2) is 12.6 Å². The molecule has 0 aliphatic rings. The van der Waals surface area contributed by atoms with E-state index in [1.807, 2.05) is 6.92 Å². The van der Waals surface area contributed by atoms with Crippen LogP contribution < -0.4 is 0 Å². The van der Waals surface area contributed by atoms with Crippen LogP contribution in [0.2, 0.25) is 0 Å². The average molecular weight is 57.1 g/mol. The van der Waals surface area contributed by atoms with Gasteiger partial charge in [0.15, 0.2) is 0 Å². The number of hydrogen-bond donors (Lipinski definition) is 0. The molecular weight excluding hydrogens is 48.0 g/mol. The van der Waals surface area contributed by atoms with Crippen molar-refractivity contribution in [3.05, 3.63) is 12.6 Å². The Labute approximate surface area is 28.5 Å². The summed E-state index contributed by atoms with van der Waals surface area (Å²) in [6, 6.07) is 0.505. The molecule has 0 fully saturated rings. The maximum atomic E-state index is 6.63. The number of allylic oxidation sites excluding steroid dienone is 1. The van der Waals surface area contributed by atoms with Crippen LogP contribution in [-0.4, -0.2) is 0 Å². The molecule has 0 saturated heterocycles. The lowest BCUT2D eigenvalue weighted by atomic mass is 10.5. The molecule has 0 heteroatoms.